The lowest BCUT2D eigenvalue weighted by atomic mass is 10.1. The van der Waals surface area contributed by atoms with Crippen molar-refractivity contribution >= 4 is 23.2 Å². The van der Waals surface area contributed by atoms with E-state index in [0.29, 0.717) is 31.9 Å². The van der Waals surface area contributed by atoms with Gasteiger partial charge in [0.05, 0.1) is 22.7 Å². The lowest BCUT2D eigenvalue weighted by Crippen LogP contribution is -2.49. The molecule has 0 aliphatic carbocycles. The molecule has 0 radical (unpaired) electrons. The van der Waals surface area contributed by atoms with Crippen molar-refractivity contribution in [1.82, 2.24) is 10.2 Å². The average Bonchev–Trinajstić information content (AvgIpc) is 2.53. The highest BCUT2D eigenvalue weighted by Gasteiger charge is 2.23. The Morgan fingerprint density at radius 3 is 2.48 bits per heavy atom. The van der Waals surface area contributed by atoms with Gasteiger partial charge in [0.15, 0.2) is 0 Å². The third-order valence-corrected chi connectivity index (χ3v) is 3.76. The zero-order valence-electron chi connectivity index (χ0n) is 12.8. The summed E-state index contributed by atoms with van der Waals surface area (Å²) >= 11 is 0. The summed E-state index contributed by atoms with van der Waals surface area (Å²) in [6.07, 6.45) is 0. The van der Waals surface area contributed by atoms with E-state index in [9.17, 15) is 19.7 Å². The maximum absolute atomic E-state index is 12.0. The summed E-state index contributed by atoms with van der Waals surface area (Å²) in [7, 11) is 1.48. The second-order valence-electron chi connectivity index (χ2n) is 5.27. The first-order valence-electron chi connectivity index (χ1n) is 7.18. The van der Waals surface area contributed by atoms with E-state index >= 15 is 0 Å². The van der Waals surface area contributed by atoms with E-state index < -0.39 is 4.92 Å². The maximum atomic E-state index is 12.0. The van der Waals surface area contributed by atoms with Gasteiger partial charge in [-0.05, 0) is 6.07 Å². The van der Waals surface area contributed by atoms with E-state index in [-0.39, 0.29) is 29.6 Å². The van der Waals surface area contributed by atoms with E-state index in [0.717, 1.165) is 0 Å². The standard InChI is InChI=1S/C14H19N5O4/c1-16-14(21)11-8-10(19(22)23)2-3-12(11)18-6-4-17(5-7-18)9-13(15)20/h2-3,8H,4-7,9H2,1H3,(H2,15,20)(H,16,21). The molecule has 1 aliphatic heterocycles. The Kier molecular flexibility index (Phi) is 5.12. The van der Waals surface area contributed by atoms with Crippen molar-refractivity contribution in [1.29, 1.82) is 0 Å². The number of anilines is 1. The van der Waals surface area contributed by atoms with Gasteiger partial charge in [0, 0.05) is 45.4 Å². The molecule has 1 aromatic carbocycles. The molecule has 1 heterocycles. The van der Waals surface area contributed by atoms with E-state index in [4.69, 9.17) is 5.73 Å². The van der Waals surface area contributed by atoms with Crippen LogP contribution in [0.25, 0.3) is 0 Å². The highest BCUT2D eigenvalue weighted by atomic mass is 16.6. The number of non-ortho nitro benzene ring substituents is 1. The number of hydrogen-bond donors (Lipinski definition) is 2. The largest absolute Gasteiger partial charge is 0.369 e. The molecule has 0 aromatic heterocycles. The fourth-order valence-corrected chi connectivity index (χ4v) is 2.60. The molecular weight excluding hydrogens is 302 g/mol. The summed E-state index contributed by atoms with van der Waals surface area (Å²) in [5, 5.41) is 13.4. The fraction of sp³-hybridized carbons (Fsp3) is 0.429. The van der Waals surface area contributed by atoms with Crippen molar-refractivity contribution < 1.29 is 14.5 Å². The monoisotopic (exact) mass is 321 g/mol. The summed E-state index contributed by atoms with van der Waals surface area (Å²) in [6.45, 7) is 2.68. The van der Waals surface area contributed by atoms with E-state index in [2.05, 4.69) is 5.32 Å². The molecule has 124 valence electrons. The Labute approximate surface area is 133 Å². The molecule has 1 saturated heterocycles. The van der Waals surface area contributed by atoms with Crippen molar-refractivity contribution in [3.05, 3.63) is 33.9 Å². The normalized spacial score (nSPS) is 15.3. The molecular formula is C14H19N5O4. The number of nitrogens with one attached hydrogen (secondary N) is 1. The number of nitro groups is 1. The third kappa shape index (κ3) is 3.95. The number of amides is 2. The number of nitrogens with two attached hydrogens (primary N) is 1. The predicted molar refractivity (Wildman–Crippen MR) is 84.3 cm³/mol. The maximum Gasteiger partial charge on any atom is 0.270 e. The van der Waals surface area contributed by atoms with Crippen LogP contribution < -0.4 is 16.0 Å². The zero-order valence-corrected chi connectivity index (χ0v) is 12.8. The molecule has 2 rings (SSSR count). The van der Waals surface area contributed by atoms with E-state index in [1.54, 1.807) is 6.07 Å². The number of hydrogen-bond acceptors (Lipinski definition) is 6. The van der Waals surface area contributed by atoms with Crippen LogP contribution in [0.1, 0.15) is 10.4 Å². The summed E-state index contributed by atoms with van der Waals surface area (Å²) in [5.41, 5.74) is 5.98. The van der Waals surface area contributed by atoms with E-state index in [1.165, 1.54) is 19.2 Å². The Hall–Kier alpha value is -2.68. The lowest BCUT2D eigenvalue weighted by Gasteiger charge is -2.36. The molecule has 23 heavy (non-hydrogen) atoms. The van der Waals surface area contributed by atoms with Crippen molar-refractivity contribution in [2.75, 3.05) is 44.7 Å². The minimum atomic E-state index is -0.527. The van der Waals surface area contributed by atoms with Crippen LogP contribution >= 0.6 is 0 Å². The van der Waals surface area contributed by atoms with Crippen molar-refractivity contribution in [2.24, 2.45) is 5.73 Å². The molecule has 1 aromatic rings. The molecule has 3 N–H and O–H groups in total. The summed E-state index contributed by atoms with van der Waals surface area (Å²) < 4.78 is 0. The second kappa shape index (κ2) is 7.05. The minimum absolute atomic E-state index is 0.125. The number of piperazine rings is 1. The highest BCUT2D eigenvalue weighted by Crippen LogP contribution is 2.26. The molecule has 9 nitrogen and oxygen atoms in total. The molecule has 0 saturated carbocycles. The number of carbonyl (C=O) groups excluding carboxylic acids is 2. The summed E-state index contributed by atoms with van der Waals surface area (Å²) in [6, 6.07) is 4.26. The van der Waals surface area contributed by atoms with Crippen molar-refractivity contribution in [3.63, 3.8) is 0 Å². The minimum Gasteiger partial charge on any atom is -0.369 e. The number of carbonyl (C=O) groups is 2. The second-order valence-corrected chi connectivity index (χ2v) is 5.27. The van der Waals surface area contributed by atoms with Gasteiger partial charge in [-0.15, -0.1) is 0 Å². The van der Waals surface area contributed by atoms with Gasteiger partial charge >= 0.3 is 0 Å². The van der Waals surface area contributed by atoms with Crippen LogP contribution in [0.5, 0.6) is 0 Å². The topological polar surface area (TPSA) is 122 Å². The number of primary amides is 1. The summed E-state index contributed by atoms with van der Waals surface area (Å²) in [5.74, 6) is -0.747. The van der Waals surface area contributed by atoms with Gasteiger partial charge in [-0.25, -0.2) is 0 Å². The van der Waals surface area contributed by atoms with Gasteiger partial charge < -0.3 is 16.0 Å². The van der Waals surface area contributed by atoms with Crippen molar-refractivity contribution in [3.8, 4) is 0 Å². The van der Waals surface area contributed by atoms with Gasteiger partial charge in [-0.3, -0.25) is 24.6 Å². The molecule has 0 bridgehead atoms. The quantitative estimate of drug-likeness (QED) is 0.560. The van der Waals surface area contributed by atoms with Crippen LogP contribution in [0.15, 0.2) is 18.2 Å². The zero-order chi connectivity index (χ0) is 17.0. The molecule has 9 heteroatoms. The van der Waals surface area contributed by atoms with Gasteiger partial charge in [-0.2, -0.15) is 0 Å². The Balaban J connectivity index is 2.21. The smallest absolute Gasteiger partial charge is 0.270 e. The van der Waals surface area contributed by atoms with Crippen LogP contribution in [0.3, 0.4) is 0 Å². The molecule has 0 atom stereocenters. The molecule has 0 unspecified atom stereocenters. The third-order valence-electron chi connectivity index (χ3n) is 3.76. The SMILES string of the molecule is CNC(=O)c1cc([N+](=O)[O-])ccc1N1CCN(CC(N)=O)CC1. The molecule has 1 aliphatic rings. The predicted octanol–water partition coefficient (Wildman–Crippen LogP) is -0.438. The van der Waals surface area contributed by atoms with E-state index in [1.807, 2.05) is 9.80 Å². The first kappa shape index (κ1) is 16.7. The Morgan fingerprint density at radius 1 is 1.30 bits per heavy atom. The van der Waals surface area contributed by atoms with Crippen LogP contribution in [0, 0.1) is 10.1 Å². The molecule has 0 spiro atoms. The Bertz CT molecular complexity index is 626. The van der Waals surface area contributed by atoms with Gasteiger partial charge in [0.2, 0.25) is 5.91 Å². The number of nitrogens with zero attached hydrogens (tertiary/aromatic N) is 3. The van der Waals surface area contributed by atoms with Gasteiger partial charge in [-0.1, -0.05) is 0 Å². The first-order chi connectivity index (χ1) is 10.9. The van der Waals surface area contributed by atoms with Crippen LogP contribution in [0.4, 0.5) is 11.4 Å². The summed E-state index contributed by atoms with van der Waals surface area (Å²) in [4.78, 5) is 37.3. The van der Waals surface area contributed by atoms with Crippen LogP contribution in [-0.4, -0.2) is 61.4 Å². The number of nitro benzene ring substituents is 1. The van der Waals surface area contributed by atoms with Crippen LogP contribution in [-0.2, 0) is 4.79 Å². The molecule has 2 amide bonds. The molecule has 1 fully saturated rings. The highest BCUT2D eigenvalue weighted by molar-refractivity contribution is 6.00. The van der Waals surface area contributed by atoms with Crippen LogP contribution in [0.2, 0.25) is 0 Å². The number of benzene rings is 1. The average molecular weight is 321 g/mol. The fourth-order valence-electron chi connectivity index (χ4n) is 2.60. The number of rotatable bonds is 5. The Morgan fingerprint density at radius 2 is 1.96 bits per heavy atom. The first-order valence-corrected chi connectivity index (χ1v) is 7.18. The van der Waals surface area contributed by atoms with Gasteiger partial charge in [0.1, 0.15) is 0 Å². The van der Waals surface area contributed by atoms with Crippen molar-refractivity contribution in [2.45, 2.75) is 0 Å². The lowest BCUT2D eigenvalue weighted by molar-refractivity contribution is -0.384. The van der Waals surface area contributed by atoms with Gasteiger partial charge in [0.25, 0.3) is 11.6 Å².